The monoisotopic (exact) mass is 560 g/mol. The maximum absolute atomic E-state index is 11.0. The summed E-state index contributed by atoms with van der Waals surface area (Å²) in [6, 6.07) is 7.58. The third-order valence-electron chi connectivity index (χ3n) is 5.24. The first-order chi connectivity index (χ1) is 17.0. The average Bonchev–Trinajstić information content (AvgIpc) is 3.46. The lowest BCUT2D eigenvalue weighted by Crippen LogP contribution is -2.33. The second-order valence-electron chi connectivity index (χ2n) is 8.74. The van der Waals surface area contributed by atoms with E-state index in [1.165, 1.54) is 0 Å². The average molecular weight is 561 g/mol. The molecule has 204 valence electrons. The van der Waals surface area contributed by atoms with Gasteiger partial charge in [-0.15, -0.1) is 0 Å². The number of nitrogens with zero attached hydrogens (tertiary/aromatic N) is 6. The first-order valence-electron chi connectivity index (χ1n) is 10.9. The van der Waals surface area contributed by atoms with Crippen molar-refractivity contribution in [3.05, 3.63) is 71.8 Å². The number of nitro groups is 1. The molecule has 2 N–H and O–H groups in total. The minimum atomic E-state index is -3.67. The van der Waals surface area contributed by atoms with E-state index in [9.17, 15) is 26.9 Å². The first-order valence-corrected chi connectivity index (χ1v) is 14.6. The molecule has 3 heterocycles. The summed E-state index contributed by atoms with van der Waals surface area (Å²) < 4.78 is 60.3. The van der Waals surface area contributed by atoms with Gasteiger partial charge < -0.3 is 4.90 Å². The molecular formula is C21H32N6O8S2+2. The van der Waals surface area contributed by atoms with Crippen molar-refractivity contribution in [1.82, 2.24) is 9.13 Å². The molecule has 1 aromatic carbocycles. The summed E-state index contributed by atoms with van der Waals surface area (Å²) in [5, 5.41) is 11.0. The van der Waals surface area contributed by atoms with Crippen LogP contribution in [0, 0.1) is 10.1 Å². The van der Waals surface area contributed by atoms with Crippen molar-refractivity contribution in [3.63, 3.8) is 0 Å². The Kier molecular flexibility index (Phi) is 9.91. The Balaban J connectivity index is 0.000000412. The van der Waals surface area contributed by atoms with Crippen LogP contribution in [0.15, 0.2) is 61.7 Å². The minimum Gasteiger partial charge on any atom is -0.360 e. The summed E-state index contributed by atoms with van der Waals surface area (Å²) in [7, 11) is -3.29. The van der Waals surface area contributed by atoms with E-state index in [0.717, 1.165) is 25.2 Å². The molecule has 3 aromatic rings. The molecule has 0 bridgehead atoms. The Morgan fingerprint density at radius 2 is 1.49 bits per heavy atom. The van der Waals surface area contributed by atoms with Gasteiger partial charge in [-0.05, 0) is 12.1 Å². The van der Waals surface area contributed by atoms with E-state index in [4.69, 9.17) is 9.11 Å². The van der Waals surface area contributed by atoms with Crippen molar-refractivity contribution in [2.45, 2.75) is 25.0 Å². The molecule has 1 fully saturated rings. The van der Waals surface area contributed by atoms with Crippen LogP contribution in [0.25, 0.3) is 0 Å². The Morgan fingerprint density at radius 3 is 1.92 bits per heavy atom. The van der Waals surface area contributed by atoms with Crippen molar-refractivity contribution in [2.75, 3.05) is 24.0 Å². The van der Waals surface area contributed by atoms with E-state index < -0.39 is 20.2 Å². The van der Waals surface area contributed by atoms with Crippen LogP contribution in [0.4, 0.5) is 11.4 Å². The Labute approximate surface area is 215 Å². The van der Waals surface area contributed by atoms with Gasteiger partial charge in [-0.25, -0.2) is 18.3 Å². The van der Waals surface area contributed by atoms with Crippen molar-refractivity contribution in [1.29, 1.82) is 0 Å². The highest BCUT2D eigenvalue weighted by molar-refractivity contribution is 7.85. The Bertz CT molecular complexity index is 1350. The van der Waals surface area contributed by atoms with Crippen LogP contribution < -0.4 is 14.0 Å². The molecule has 0 amide bonds. The zero-order chi connectivity index (χ0) is 28.0. The number of non-ortho nitro benzene ring substituents is 1. The van der Waals surface area contributed by atoms with Crippen LogP contribution in [0.5, 0.6) is 0 Å². The Morgan fingerprint density at radius 1 is 0.973 bits per heavy atom. The maximum atomic E-state index is 11.0. The van der Waals surface area contributed by atoms with Gasteiger partial charge in [-0.2, -0.15) is 16.8 Å². The van der Waals surface area contributed by atoms with Crippen molar-refractivity contribution >= 4 is 31.6 Å². The van der Waals surface area contributed by atoms with E-state index in [1.807, 2.05) is 37.0 Å². The van der Waals surface area contributed by atoms with E-state index in [0.29, 0.717) is 24.6 Å². The van der Waals surface area contributed by atoms with Gasteiger partial charge in [0, 0.05) is 24.2 Å². The SMILES string of the molecule is CS(=O)(=O)O.CS(=O)(=O)O.C[n+]1ccn(CC2CC(n3cc[n+](C)c3)CN2c2ccc([N+](=O)[O-])cc2)c1. The Hall–Kier alpha value is -3.34. The zero-order valence-electron chi connectivity index (χ0n) is 20.9. The number of nitro benzene ring substituents is 1. The van der Waals surface area contributed by atoms with Crippen LogP contribution in [0.2, 0.25) is 0 Å². The summed E-state index contributed by atoms with van der Waals surface area (Å²) in [4.78, 5) is 13.0. The second-order valence-corrected chi connectivity index (χ2v) is 11.7. The molecule has 16 heteroatoms. The third-order valence-corrected chi connectivity index (χ3v) is 5.24. The van der Waals surface area contributed by atoms with Crippen LogP contribution >= 0.6 is 0 Å². The lowest BCUT2D eigenvalue weighted by molar-refractivity contribution is -0.671. The lowest BCUT2D eigenvalue weighted by Gasteiger charge is -2.24. The van der Waals surface area contributed by atoms with Crippen molar-refractivity contribution in [3.8, 4) is 0 Å². The number of anilines is 1. The van der Waals surface area contributed by atoms with Crippen LogP contribution in [0.1, 0.15) is 12.5 Å². The van der Waals surface area contributed by atoms with E-state index >= 15 is 0 Å². The largest absolute Gasteiger partial charge is 0.360 e. The van der Waals surface area contributed by atoms with Gasteiger partial charge in [0.2, 0.25) is 12.7 Å². The minimum absolute atomic E-state index is 0.126. The number of hydrogen-bond acceptors (Lipinski definition) is 7. The second kappa shape index (κ2) is 12.3. The highest BCUT2D eigenvalue weighted by Gasteiger charge is 2.37. The molecule has 2 unspecified atom stereocenters. The number of imidazole rings is 2. The molecular weight excluding hydrogens is 528 g/mol. The number of hydrogen-bond donors (Lipinski definition) is 2. The first kappa shape index (κ1) is 29.9. The predicted molar refractivity (Wildman–Crippen MR) is 134 cm³/mol. The van der Waals surface area contributed by atoms with Crippen LogP contribution in [-0.2, 0) is 40.9 Å². The number of rotatable bonds is 5. The standard InChI is InChI=1S/C19H24N6O2.2CH4O3S/c1-20-7-9-22(14-20)12-19-11-18(23-10-8-21(2)15-23)13-24(19)16-3-5-17(6-4-16)25(26)27;2*1-5(2,3)4/h3-10,14-15,18-19H,11-13H2,1-2H3;2*1H3,(H,2,3,4)/q+2;;. The third kappa shape index (κ3) is 11.1. The quantitative estimate of drug-likeness (QED) is 0.193. The summed E-state index contributed by atoms with van der Waals surface area (Å²) in [6.07, 6.45) is 14.9. The highest BCUT2D eigenvalue weighted by Crippen LogP contribution is 2.33. The van der Waals surface area contributed by atoms with Crippen molar-refractivity contribution in [2.24, 2.45) is 14.1 Å². The fourth-order valence-electron chi connectivity index (χ4n) is 3.90. The molecule has 2 atom stereocenters. The van der Waals surface area contributed by atoms with Crippen LogP contribution in [-0.4, -0.2) is 65.1 Å². The van der Waals surface area contributed by atoms with E-state index in [2.05, 4.69) is 49.8 Å². The summed E-state index contributed by atoms with van der Waals surface area (Å²) in [5.74, 6) is 0. The van der Waals surface area contributed by atoms with Crippen LogP contribution in [0.3, 0.4) is 0 Å². The topological polar surface area (TPSA) is 173 Å². The molecule has 0 spiro atoms. The zero-order valence-corrected chi connectivity index (χ0v) is 22.5. The van der Waals surface area contributed by atoms with E-state index in [-0.39, 0.29) is 10.6 Å². The molecule has 0 saturated carbocycles. The van der Waals surface area contributed by atoms with Gasteiger partial charge in [0.05, 0.1) is 44.1 Å². The molecule has 4 rings (SSSR count). The van der Waals surface area contributed by atoms with Gasteiger partial charge in [0.1, 0.15) is 37.4 Å². The summed E-state index contributed by atoms with van der Waals surface area (Å²) in [5.41, 5.74) is 1.15. The van der Waals surface area contributed by atoms with Crippen molar-refractivity contribution < 1.29 is 40.0 Å². The molecule has 1 aliphatic rings. The fraction of sp³-hybridized carbons (Fsp3) is 0.429. The smallest absolute Gasteiger partial charge is 0.269 e. The molecule has 2 aromatic heterocycles. The van der Waals surface area contributed by atoms with Gasteiger partial charge in [0.15, 0.2) is 0 Å². The fourth-order valence-corrected chi connectivity index (χ4v) is 3.90. The molecule has 1 aliphatic heterocycles. The summed E-state index contributed by atoms with van der Waals surface area (Å²) >= 11 is 0. The maximum Gasteiger partial charge on any atom is 0.269 e. The molecule has 0 radical (unpaired) electrons. The van der Waals surface area contributed by atoms with Gasteiger partial charge in [-0.1, -0.05) is 0 Å². The van der Waals surface area contributed by atoms with Gasteiger partial charge >= 0.3 is 0 Å². The predicted octanol–water partition coefficient (Wildman–Crippen LogP) is 0.375. The number of benzene rings is 1. The van der Waals surface area contributed by atoms with Gasteiger partial charge in [-0.3, -0.25) is 19.2 Å². The molecule has 14 nitrogen and oxygen atoms in total. The van der Waals surface area contributed by atoms with Gasteiger partial charge in [0.25, 0.3) is 25.9 Å². The molecule has 37 heavy (non-hydrogen) atoms. The number of aromatic nitrogens is 4. The summed E-state index contributed by atoms with van der Waals surface area (Å²) in [6.45, 7) is 1.76. The van der Waals surface area contributed by atoms with E-state index in [1.54, 1.807) is 12.1 Å². The highest BCUT2D eigenvalue weighted by atomic mass is 32.2. The normalized spacial score (nSPS) is 17.4. The lowest BCUT2D eigenvalue weighted by atomic mass is 10.1. The molecule has 0 aliphatic carbocycles. The number of aryl methyl sites for hydroxylation is 2. The molecule has 1 saturated heterocycles.